The van der Waals surface area contributed by atoms with Crippen LogP contribution in [0.4, 0.5) is 8.78 Å². The van der Waals surface area contributed by atoms with Crippen LogP contribution >= 0.6 is 0 Å². The Morgan fingerprint density at radius 2 is 2.14 bits per heavy atom. The normalized spacial score (nSPS) is 16.3. The van der Waals surface area contributed by atoms with Crippen molar-refractivity contribution >= 4 is 40.0 Å². The van der Waals surface area contributed by atoms with Crippen LogP contribution in [0.25, 0.3) is 34.1 Å². The van der Waals surface area contributed by atoms with Gasteiger partial charge in [-0.25, -0.2) is 0 Å². The van der Waals surface area contributed by atoms with E-state index >= 15 is 0 Å². The highest BCUT2D eigenvalue weighted by Crippen LogP contribution is 2.42. The summed E-state index contributed by atoms with van der Waals surface area (Å²) in [6.45, 7) is 3.62. The van der Waals surface area contributed by atoms with Crippen LogP contribution in [0, 0.1) is 0 Å². The Balaban J connectivity index is 1.48. The van der Waals surface area contributed by atoms with Crippen molar-refractivity contribution in [1.82, 2.24) is 14.9 Å². The summed E-state index contributed by atoms with van der Waals surface area (Å²) in [6, 6.07) is 8.85. The second-order valence-electron chi connectivity index (χ2n) is 8.37. The number of nitrogens with zero attached hydrogens (tertiary/aromatic N) is 3. The number of fused-ring (bicyclic) bond motifs is 3. The van der Waals surface area contributed by atoms with Crippen LogP contribution in [0.2, 0.25) is 0 Å². The number of alkyl halides is 2. The first-order valence-electron chi connectivity index (χ1n) is 11.2. The van der Waals surface area contributed by atoms with Crippen LogP contribution < -0.4 is 4.74 Å². The maximum atomic E-state index is 13.0. The predicted molar refractivity (Wildman–Crippen MR) is 130 cm³/mol. The van der Waals surface area contributed by atoms with Crippen LogP contribution in [-0.4, -0.2) is 33.9 Å². The van der Waals surface area contributed by atoms with Gasteiger partial charge in [-0.2, -0.15) is 8.78 Å². The van der Waals surface area contributed by atoms with Gasteiger partial charge < -0.3 is 14.1 Å². The van der Waals surface area contributed by atoms with E-state index in [1.807, 2.05) is 31.2 Å². The van der Waals surface area contributed by atoms with E-state index in [1.165, 1.54) is 12.3 Å². The fourth-order valence-corrected chi connectivity index (χ4v) is 4.67. The van der Waals surface area contributed by atoms with Crippen LogP contribution in [0.5, 0.6) is 5.75 Å². The molecule has 4 heterocycles. The van der Waals surface area contributed by atoms with Crippen molar-refractivity contribution in [2.75, 3.05) is 6.54 Å². The molecule has 8 heteroatoms. The molecule has 1 saturated heterocycles. The summed E-state index contributed by atoms with van der Waals surface area (Å²) in [7, 11) is 0. The number of aromatic nitrogens is 2. The largest absolute Gasteiger partial charge is 0.451 e. The molecule has 1 unspecified atom stereocenters. The van der Waals surface area contributed by atoms with E-state index in [4.69, 9.17) is 9.15 Å². The van der Waals surface area contributed by atoms with E-state index in [1.54, 1.807) is 29.3 Å². The van der Waals surface area contributed by atoms with Gasteiger partial charge >= 0.3 is 6.61 Å². The molecule has 6 nitrogen and oxygen atoms in total. The first-order chi connectivity index (χ1) is 17.0. The van der Waals surface area contributed by atoms with Crippen molar-refractivity contribution in [3.63, 3.8) is 0 Å². The molecule has 1 aliphatic heterocycles. The van der Waals surface area contributed by atoms with Gasteiger partial charge in [-0.3, -0.25) is 14.8 Å². The van der Waals surface area contributed by atoms with Crippen LogP contribution in [0.15, 0.2) is 59.8 Å². The average Bonchev–Trinajstić information content (AvgIpc) is 3.41. The molecular weight excluding hydrogens is 452 g/mol. The summed E-state index contributed by atoms with van der Waals surface area (Å²) in [5.41, 5.74) is 4.06. The summed E-state index contributed by atoms with van der Waals surface area (Å²) in [4.78, 5) is 23.5. The molecule has 3 aromatic heterocycles. The highest BCUT2D eigenvalue weighted by molar-refractivity contribution is 6.08. The summed E-state index contributed by atoms with van der Waals surface area (Å²) in [6.07, 6.45) is 9.03. The molecule has 1 fully saturated rings. The van der Waals surface area contributed by atoms with E-state index in [0.717, 1.165) is 27.9 Å². The number of carbonyl (C=O) groups excluding carboxylic acids is 1. The monoisotopic (exact) mass is 475 g/mol. The Morgan fingerprint density at radius 3 is 2.91 bits per heavy atom. The molecule has 0 saturated carbocycles. The molecule has 1 aliphatic rings. The highest BCUT2D eigenvalue weighted by atomic mass is 19.3. The number of pyridine rings is 2. The van der Waals surface area contributed by atoms with Crippen molar-refractivity contribution in [2.24, 2.45) is 0 Å². The number of hydrogen-bond donors (Lipinski definition) is 0. The van der Waals surface area contributed by atoms with Crippen LogP contribution in [0.1, 0.15) is 41.8 Å². The summed E-state index contributed by atoms with van der Waals surface area (Å²) < 4.78 is 36.5. The number of furan rings is 1. The quantitative estimate of drug-likeness (QED) is 0.320. The molecule has 0 radical (unpaired) electrons. The molecule has 0 spiro atoms. The van der Waals surface area contributed by atoms with Gasteiger partial charge in [-0.05, 0) is 42.3 Å². The van der Waals surface area contributed by atoms with Gasteiger partial charge in [-0.1, -0.05) is 30.9 Å². The summed E-state index contributed by atoms with van der Waals surface area (Å²) >= 11 is 0. The molecule has 5 rings (SSSR count). The van der Waals surface area contributed by atoms with Gasteiger partial charge in [0.2, 0.25) is 5.91 Å². The molecule has 35 heavy (non-hydrogen) atoms. The Kier molecular flexibility index (Phi) is 6.03. The van der Waals surface area contributed by atoms with Gasteiger partial charge in [0.25, 0.3) is 0 Å². The van der Waals surface area contributed by atoms with Gasteiger partial charge in [0.05, 0.1) is 24.1 Å². The lowest BCUT2D eigenvalue weighted by atomic mass is 9.93. The third-order valence-electron chi connectivity index (χ3n) is 6.20. The van der Waals surface area contributed by atoms with Gasteiger partial charge in [0, 0.05) is 35.9 Å². The second-order valence-corrected chi connectivity index (χ2v) is 8.37. The Labute approximate surface area is 200 Å². The number of ether oxygens (including phenoxy) is 1. The lowest BCUT2D eigenvalue weighted by Crippen LogP contribution is -2.25. The molecule has 0 bridgehead atoms. The smallest absolute Gasteiger partial charge is 0.387 e. The van der Waals surface area contributed by atoms with E-state index in [0.29, 0.717) is 30.5 Å². The number of amides is 1. The molecule has 1 atom stereocenters. The van der Waals surface area contributed by atoms with E-state index in [-0.39, 0.29) is 23.2 Å². The third-order valence-corrected chi connectivity index (χ3v) is 6.20. The predicted octanol–water partition coefficient (Wildman–Crippen LogP) is 6.17. The number of benzene rings is 1. The molecule has 1 amide bonds. The van der Waals surface area contributed by atoms with E-state index in [9.17, 15) is 13.6 Å². The van der Waals surface area contributed by atoms with Gasteiger partial charge in [0.15, 0.2) is 16.9 Å². The maximum absolute atomic E-state index is 13.0. The highest BCUT2D eigenvalue weighted by Gasteiger charge is 2.33. The van der Waals surface area contributed by atoms with Crippen molar-refractivity contribution in [3.05, 3.63) is 77.9 Å². The van der Waals surface area contributed by atoms with Crippen molar-refractivity contribution in [1.29, 1.82) is 0 Å². The Hall–Kier alpha value is -4.07. The minimum Gasteiger partial charge on any atom is -0.451 e. The lowest BCUT2D eigenvalue weighted by molar-refractivity contribution is -0.128. The SMILES string of the molecule is C=Cc1ccc(CN2CC(c3ccc(OC(F)F)c4oc5cnccc5c34)CC2=O)nc1/C=C\C. The number of rotatable bonds is 7. The zero-order chi connectivity index (χ0) is 24.5. The first-order valence-corrected chi connectivity index (χ1v) is 11.2. The molecule has 0 N–H and O–H groups in total. The standard InChI is InChI=1S/C27H23F2N3O3/c1-3-5-21-16(4-2)6-7-18(31-21)15-32-14-17(12-24(32)33)19-8-9-22(35-27(28)29)26-25(19)20-10-11-30-13-23(20)34-26/h3-11,13,17,27H,2,12,14-15H2,1H3/b5-3-. The maximum Gasteiger partial charge on any atom is 0.387 e. The third kappa shape index (κ3) is 4.27. The molecule has 178 valence electrons. The van der Waals surface area contributed by atoms with Gasteiger partial charge in [0.1, 0.15) is 0 Å². The zero-order valence-electron chi connectivity index (χ0n) is 19.1. The lowest BCUT2D eigenvalue weighted by Gasteiger charge is -2.18. The Morgan fingerprint density at radius 1 is 1.29 bits per heavy atom. The van der Waals surface area contributed by atoms with Crippen molar-refractivity contribution in [3.8, 4) is 5.75 Å². The molecular formula is C27H23F2N3O3. The minimum absolute atomic E-state index is 0.00713. The molecule has 0 aliphatic carbocycles. The molecule has 4 aromatic rings. The van der Waals surface area contributed by atoms with Crippen molar-refractivity contribution < 1.29 is 22.7 Å². The number of likely N-dealkylation sites (tertiary alicyclic amines) is 1. The average molecular weight is 475 g/mol. The Bertz CT molecular complexity index is 1460. The number of halogens is 2. The van der Waals surface area contributed by atoms with E-state index in [2.05, 4.69) is 16.5 Å². The van der Waals surface area contributed by atoms with E-state index < -0.39 is 6.61 Å². The molecule has 1 aromatic carbocycles. The zero-order valence-corrected chi connectivity index (χ0v) is 19.1. The second kappa shape index (κ2) is 9.29. The summed E-state index contributed by atoms with van der Waals surface area (Å²) in [5, 5.41) is 1.41. The minimum atomic E-state index is -2.98. The topological polar surface area (TPSA) is 68.5 Å². The number of allylic oxidation sites excluding steroid dienone is 1. The fourth-order valence-electron chi connectivity index (χ4n) is 4.67. The van der Waals surface area contributed by atoms with Gasteiger partial charge in [-0.15, -0.1) is 0 Å². The number of carbonyl (C=O) groups is 1. The fraction of sp³-hybridized carbons (Fsp3) is 0.222. The van der Waals surface area contributed by atoms with Crippen LogP contribution in [0.3, 0.4) is 0 Å². The summed E-state index contributed by atoms with van der Waals surface area (Å²) in [5.74, 6) is -0.172. The van der Waals surface area contributed by atoms with Crippen LogP contribution in [-0.2, 0) is 11.3 Å². The van der Waals surface area contributed by atoms with Crippen molar-refractivity contribution in [2.45, 2.75) is 32.4 Å². The first kappa shape index (κ1) is 22.7. The number of hydrogen-bond acceptors (Lipinski definition) is 5.